The van der Waals surface area contributed by atoms with E-state index in [1.165, 1.54) is 16.7 Å². The third-order valence-electron chi connectivity index (χ3n) is 3.57. The molecular weight excluding hydrogens is 256 g/mol. The fraction of sp³-hybridized carbons (Fsp3) is 0.421. The van der Waals surface area contributed by atoms with Gasteiger partial charge in [0.2, 0.25) is 0 Å². The summed E-state index contributed by atoms with van der Waals surface area (Å²) in [4.78, 5) is 4.13. The van der Waals surface area contributed by atoms with Gasteiger partial charge in [0, 0.05) is 12.4 Å². The van der Waals surface area contributed by atoms with Crippen molar-refractivity contribution in [1.29, 1.82) is 0 Å². The summed E-state index contributed by atoms with van der Waals surface area (Å²) in [5.74, 6) is 0.684. The van der Waals surface area contributed by atoms with Crippen molar-refractivity contribution in [2.75, 3.05) is 6.54 Å². The summed E-state index contributed by atoms with van der Waals surface area (Å²) >= 11 is 0. The highest BCUT2D eigenvalue weighted by molar-refractivity contribution is 5.33. The van der Waals surface area contributed by atoms with Gasteiger partial charge in [0.15, 0.2) is 0 Å². The number of hydrogen-bond acceptors (Lipinski definition) is 2. The molecule has 1 aromatic carbocycles. The maximum Gasteiger partial charge on any atom is 0.0577 e. The van der Waals surface area contributed by atoms with Crippen molar-refractivity contribution >= 4 is 0 Å². The summed E-state index contributed by atoms with van der Waals surface area (Å²) in [6.07, 6.45) is 6.00. The lowest BCUT2D eigenvalue weighted by Crippen LogP contribution is -2.23. The van der Waals surface area contributed by atoms with Crippen LogP contribution in [0.4, 0.5) is 0 Å². The van der Waals surface area contributed by atoms with Gasteiger partial charge in [-0.15, -0.1) is 0 Å². The van der Waals surface area contributed by atoms with Crippen LogP contribution in [0.2, 0.25) is 0 Å². The summed E-state index contributed by atoms with van der Waals surface area (Å²) < 4.78 is 0. The van der Waals surface area contributed by atoms with Crippen LogP contribution in [0.3, 0.4) is 0 Å². The zero-order chi connectivity index (χ0) is 15.1. The van der Waals surface area contributed by atoms with E-state index < -0.39 is 0 Å². The molecule has 1 atom stereocenters. The van der Waals surface area contributed by atoms with Crippen LogP contribution in [0.5, 0.6) is 0 Å². The van der Waals surface area contributed by atoms with E-state index in [2.05, 4.69) is 67.5 Å². The fourth-order valence-electron chi connectivity index (χ4n) is 2.64. The average molecular weight is 282 g/mol. The average Bonchev–Trinajstić information content (AvgIpc) is 2.48. The van der Waals surface area contributed by atoms with E-state index in [0.717, 1.165) is 19.4 Å². The van der Waals surface area contributed by atoms with Crippen molar-refractivity contribution in [3.63, 3.8) is 0 Å². The van der Waals surface area contributed by atoms with E-state index in [0.29, 0.717) is 5.92 Å². The van der Waals surface area contributed by atoms with Gasteiger partial charge < -0.3 is 5.32 Å². The van der Waals surface area contributed by atoms with Crippen molar-refractivity contribution < 1.29 is 0 Å². The van der Waals surface area contributed by atoms with Crippen LogP contribution in [0, 0.1) is 5.92 Å². The third kappa shape index (κ3) is 4.68. The Morgan fingerprint density at radius 1 is 1.05 bits per heavy atom. The topological polar surface area (TPSA) is 24.9 Å². The fourth-order valence-corrected chi connectivity index (χ4v) is 2.64. The number of aromatic nitrogens is 1. The molecule has 2 aromatic rings. The number of rotatable bonds is 7. The van der Waals surface area contributed by atoms with Crippen LogP contribution in [-0.2, 0) is 6.42 Å². The quantitative estimate of drug-likeness (QED) is 0.815. The lowest BCUT2D eigenvalue weighted by atomic mass is 9.95. The first kappa shape index (κ1) is 15.7. The van der Waals surface area contributed by atoms with Crippen LogP contribution < -0.4 is 5.32 Å². The predicted octanol–water partition coefficient (Wildman–Crippen LogP) is 4.37. The monoisotopic (exact) mass is 282 g/mol. The van der Waals surface area contributed by atoms with E-state index in [1.54, 1.807) is 0 Å². The van der Waals surface area contributed by atoms with Crippen LogP contribution in [-0.4, -0.2) is 11.5 Å². The van der Waals surface area contributed by atoms with Crippen LogP contribution in [0.25, 0.3) is 0 Å². The van der Waals surface area contributed by atoms with Gasteiger partial charge in [0.05, 0.1) is 6.04 Å². The first-order valence-electron chi connectivity index (χ1n) is 7.92. The molecule has 21 heavy (non-hydrogen) atoms. The largest absolute Gasteiger partial charge is 0.306 e. The standard InChI is InChI=1S/C19H26N2/c1-4-10-21-19(17-8-11-20-12-9-17)18-7-5-6-16(14-18)13-15(2)3/h5-9,11-12,14-15,19,21H,4,10,13H2,1-3H3. The molecule has 0 amide bonds. The van der Waals surface area contributed by atoms with Gasteiger partial charge in [-0.1, -0.05) is 45.0 Å². The molecule has 0 aliphatic carbocycles. The lowest BCUT2D eigenvalue weighted by molar-refractivity contribution is 0.595. The Bertz CT molecular complexity index is 534. The maximum atomic E-state index is 4.13. The molecule has 1 heterocycles. The molecule has 2 rings (SSSR count). The first-order chi connectivity index (χ1) is 10.2. The van der Waals surface area contributed by atoms with Crippen molar-refractivity contribution in [2.45, 2.75) is 39.7 Å². The van der Waals surface area contributed by atoms with Crippen LogP contribution >= 0.6 is 0 Å². The molecule has 0 aliphatic rings. The molecule has 2 nitrogen and oxygen atoms in total. The Kier molecular flexibility index (Phi) is 5.94. The zero-order valence-electron chi connectivity index (χ0n) is 13.3. The molecule has 1 N–H and O–H groups in total. The minimum absolute atomic E-state index is 0.250. The molecule has 0 saturated carbocycles. The van der Waals surface area contributed by atoms with E-state index in [4.69, 9.17) is 0 Å². The smallest absolute Gasteiger partial charge is 0.0577 e. The highest BCUT2D eigenvalue weighted by Gasteiger charge is 2.13. The molecule has 112 valence electrons. The highest BCUT2D eigenvalue weighted by atomic mass is 14.9. The highest BCUT2D eigenvalue weighted by Crippen LogP contribution is 2.23. The lowest BCUT2D eigenvalue weighted by Gasteiger charge is -2.20. The summed E-state index contributed by atoms with van der Waals surface area (Å²) in [6.45, 7) is 7.75. The van der Waals surface area contributed by atoms with Gasteiger partial charge in [0.1, 0.15) is 0 Å². The number of nitrogens with zero attached hydrogens (tertiary/aromatic N) is 1. The van der Waals surface area contributed by atoms with E-state index in [9.17, 15) is 0 Å². The Morgan fingerprint density at radius 3 is 2.48 bits per heavy atom. The molecule has 1 aromatic heterocycles. The SMILES string of the molecule is CCCNC(c1ccncc1)c1cccc(CC(C)C)c1. The molecule has 0 aliphatic heterocycles. The maximum absolute atomic E-state index is 4.13. The second-order valence-electron chi connectivity index (χ2n) is 6.01. The second kappa shape index (κ2) is 7.94. The van der Waals surface area contributed by atoms with Crippen molar-refractivity contribution in [1.82, 2.24) is 10.3 Å². The van der Waals surface area contributed by atoms with Crippen LogP contribution in [0.15, 0.2) is 48.8 Å². The van der Waals surface area contributed by atoms with Crippen LogP contribution in [0.1, 0.15) is 49.9 Å². The van der Waals surface area contributed by atoms with Gasteiger partial charge in [-0.2, -0.15) is 0 Å². The molecule has 0 fully saturated rings. The normalized spacial score (nSPS) is 12.6. The Hall–Kier alpha value is -1.67. The second-order valence-corrected chi connectivity index (χ2v) is 6.01. The zero-order valence-corrected chi connectivity index (χ0v) is 13.3. The number of hydrogen-bond donors (Lipinski definition) is 1. The van der Waals surface area contributed by atoms with Gasteiger partial charge in [-0.3, -0.25) is 4.98 Å². The molecule has 1 unspecified atom stereocenters. The Balaban J connectivity index is 2.28. The molecular formula is C19H26N2. The summed E-state index contributed by atoms with van der Waals surface area (Å²) in [5.41, 5.74) is 4.04. The Morgan fingerprint density at radius 2 is 1.81 bits per heavy atom. The van der Waals surface area contributed by atoms with E-state index in [1.807, 2.05) is 12.4 Å². The van der Waals surface area contributed by atoms with E-state index in [-0.39, 0.29) is 6.04 Å². The summed E-state index contributed by atoms with van der Waals surface area (Å²) in [7, 11) is 0. The minimum Gasteiger partial charge on any atom is -0.306 e. The summed E-state index contributed by atoms with van der Waals surface area (Å²) in [6, 6.07) is 13.4. The van der Waals surface area contributed by atoms with Gasteiger partial charge >= 0.3 is 0 Å². The molecule has 0 radical (unpaired) electrons. The van der Waals surface area contributed by atoms with Gasteiger partial charge in [-0.25, -0.2) is 0 Å². The number of benzene rings is 1. The van der Waals surface area contributed by atoms with Gasteiger partial charge in [-0.05, 0) is 54.1 Å². The van der Waals surface area contributed by atoms with Gasteiger partial charge in [0.25, 0.3) is 0 Å². The molecule has 0 bridgehead atoms. The third-order valence-corrected chi connectivity index (χ3v) is 3.57. The first-order valence-corrected chi connectivity index (χ1v) is 7.92. The Labute approximate surface area is 128 Å². The number of pyridine rings is 1. The van der Waals surface area contributed by atoms with Crippen molar-refractivity contribution in [2.24, 2.45) is 5.92 Å². The van der Waals surface area contributed by atoms with Crippen molar-refractivity contribution in [3.05, 3.63) is 65.5 Å². The molecule has 0 spiro atoms. The minimum atomic E-state index is 0.250. The van der Waals surface area contributed by atoms with E-state index >= 15 is 0 Å². The van der Waals surface area contributed by atoms with Crippen molar-refractivity contribution in [3.8, 4) is 0 Å². The molecule has 0 saturated heterocycles. The summed E-state index contributed by atoms with van der Waals surface area (Å²) in [5, 5.41) is 3.65. The molecule has 2 heteroatoms. The predicted molar refractivity (Wildman–Crippen MR) is 89.4 cm³/mol. The number of nitrogens with one attached hydrogen (secondary N) is 1.